The quantitative estimate of drug-likeness (QED) is 0.748. The molecule has 1 N–H and O–H groups in total. The van der Waals surface area contributed by atoms with Gasteiger partial charge in [-0.2, -0.15) is 0 Å². The maximum atomic E-state index is 11.9. The molecule has 112 valence electrons. The number of carbonyl (C=O) groups excluding carboxylic acids is 1. The van der Waals surface area contributed by atoms with E-state index in [0.717, 1.165) is 13.1 Å². The molecule has 0 aromatic heterocycles. The van der Waals surface area contributed by atoms with Gasteiger partial charge in [0.2, 0.25) is 5.91 Å². The van der Waals surface area contributed by atoms with Crippen molar-refractivity contribution >= 4 is 17.5 Å². The highest BCUT2D eigenvalue weighted by molar-refractivity contribution is 6.19. The Morgan fingerprint density at radius 3 is 2.35 bits per heavy atom. The number of benzene rings is 1. The Labute approximate surface area is 127 Å². The van der Waals surface area contributed by atoms with Crippen molar-refractivity contribution in [3.8, 4) is 0 Å². The number of rotatable bonds is 8. The lowest BCUT2D eigenvalue weighted by molar-refractivity contribution is -0.124. The maximum absolute atomic E-state index is 11.9. The lowest BCUT2D eigenvalue weighted by atomic mass is 10.0. The molecule has 0 saturated heterocycles. The zero-order valence-corrected chi connectivity index (χ0v) is 13.4. The molecule has 2 unspecified atom stereocenters. The van der Waals surface area contributed by atoms with E-state index in [4.69, 9.17) is 11.6 Å². The van der Waals surface area contributed by atoms with Gasteiger partial charge in [-0.25, -0.2) is 0 Å². The van der Waals surface area contributed by atoms with Crippen LogP contribution in [0.5, 0.6) is 0 Å². The largest absolute Gasteiger partial charge is 0.354 e. The van der Waals surface area contributed by atoms with Crippen molar-refractivity contribution in [3.05, 3.63) is 35.9 Å². The molecular weight excluding hydrogens is 272 g/mol. The number of nitrogens with zero attached hydrogens (tertiary/aromatic N) is 1. The number of halogens is 1. The van der Waals surface area contributed by atoms with Crippen LogP contribution >= 0.6 is 11.6 Å². The summed E-state index contributed by atoms with van der Waals surface area (Å²) in [6.45, 7) is 8.66. The van der Waals surface area contributed by atoms with Crippen LogP contribution < -0.4 is 5.32 Å². The molecule has 0 heterocycles. The predicted molar refractivity (Wildman–Crippen MR) is 85.0 cm³/mol. The fourth-order valence-corrected chi connectivity index (χ4v) is 2.38. The van der Waals surface area contributed by atoms with E-state index in [1.54, 1.807) is 0 Å². The molecule has 20 heavy (non-hydrogen) atoms. The first kappa shape index (κ1) is 17.0. The van der Waals surface area contributed by atoms with Crippen molar-refractivity contribution in [2.24, 2.45) is 5.92 Å². The second-order valence-corrected chi connectivity index (χ2v) is 5.26. The fourth-order valence-electron chi connectivity index (χ4n) is 2.24. The smallest absolute Gasteiger partial charge is 0.224 e. The number of alkyl halides is 1. The minimum absolute atomic E-state index is 0.0214. The van der Waals surface area contributed by atoms with E-state index < -0.39 is 0 Å². The number of hydrogen-bond donors (Lipinski definition) is 1. The molecule has 1 aromatic rings. The van der Waals surface area contributed by atoms with Gasteiger partial charge in [-0.3, -0.25) is 9.69 Å². The highest BCUT2D eigenvalue weighted by Gasteiger charge is 2.20. The molecule has 0 saturated carbocycles. The number of amides is 1. The molecule has 0 spiro atoms. The lowest BCUT2D eigenvalue weighted by Gasteiger charge is -2.30. The van der Waals surface area contributed by atoms with Gasteiger partial charge in [-0.05, 0) is 18.7 Å². The second-order valence-electron chi connectivity index (χ2n) is 4.95. The Bertz CT molecular complexity index is 393. The van der Waals surface area contributed by atoms with Crippen LogP contribution in [0.1, 0.15) is 32.4 Å². The van der Waals surface area contributed by atoms with Crippen LogP contribution in [0.4, 0.5) is 0 Å². The Balaban J connectivity index is 2.76. The second kappa shape index (κ2) is 8.98. The van der Waals surface area contributed by atoms with Gasteiger partial charge in [0.25, 0.3) is 0 Å². The summed E-state index contributed by atoms with van der Waals surface area (Å²) in [4.78, 5) is 14.2. The molecule has 2 atom stereocenters. The van der Waals surface area contributed by atoms with E-state index in [0.29, 0.717) is 12.4 Å². The predicted octanol–water partition coefficient (Wildman–Crippen LogP) is 3.06. The van der Waals surface area contributed by atoms with Crippen molar-refractivity contribution in [1.82, 2.24) is 10.2 Å². The van der Waals surface area contributed by atoms with Crippen molar-refractivity contribution in [3.63, 3.8) is 0 Å². The number of nitrogens with one attached hydrogen (secondary N) is 1. The van der Waals surface area contributed by atoms with E-state index in [1.807, 2.05) is 25.1 Å². The molecule has 0 aliphatic rings. The molecule has 1 aromatic carbocycles. The summed E-state index contributed by atoms with van der Waals surface area (Å²) in [5.41, 5.74) is 1.23. The third kappa shape index (κ3) is 4.80. The molecule has 1 amide bonds. The minimum Gasteiger partial charge on any atom is -0.354 e. The SMILES string of the molecule is CCN(CC)C(CNC(=O)C(C)CCl)c1ccccc1. The Morgan fingerprint density at radius 2 is 1.85 bits per heavy atom. The summed E-state index contributed by atoms with van der Waals surface area (Å²) in [5, 5.41) is 3.02. The van der Waals surface area contributed by atoms with Gasteiger partial charge in [-0.15, -0.1) is 11.6 Å². The third-order valence-electron chi connectivity index (χ3n) is 3.59. The van der Waals surface area contributed by atoms with Crippen LogP contribution in [-0.2, 0) is 4.79 Å². The van der Waals surface area contributed by atoms with Gasteiger partial charge in [0.15, 0.2) is 0 Å². The summed E-state index contributed by atoms with van der Waals surface area (Å²) in [6, 6.07) is 10.5. The third-order valence-corrected chi connectivity index (χ3v) is 4.05. The van der Waals surface area contributed by atoms with E-state index >= 15 is 0 Å². The van der Waals surface area contributed by atoms with Crippen molar-refractivity contribution in [1.29, 1.82) is 0 Å². The van der Waals surface area contributed by atoms with Gasteiger partial charge in [0.1, 0.15) is 0 Å². The zero-order chi connectivity index (χ0) is 15.0. The summed E-state index contributed by atoms with van der Waals surface area (Å²) < 4.78 is 0. The molecule has 0 aliphatic heterocycles. The molecular formula is C16H25ClN2O. The van der Waals surface area contributed by atoms with E-state index in [9.17, 15) is 4.79 Å². The molecule has 0 bridgehead atoms. The normalized spacial score (nSPS) is 14.1. The van der Waals surface area contributed by atoms with Gasteiger partial charge >= 0.3 is 0 Å². The highest BCUT2D eigenvalue weighted by Crippen LogP contribution is 2.19. The first-order valence-electron chi connectivity index (χ1n) is 7.26. The zero-order valence-electron chi connectivity index (χ0n) is 12.6. The molecule has 3 nitrogen and oxygen atoms in total. The molecule has 0 fully saturated rings. The van der Waals surface area contributed by atoms with E-state index in [-0.39, 0.29) is 17.9 Å². The Kier molecular flexibility index (Phi) is 7.63. The first-order valence-corrected chi connectivity index (χ1v) is 7.80. The Morgan fingerprint density at radius 1 is 1.25 bits per heavy atom. The average Bonchev–Trinajstić information content (AvgIpc) is 2.51. The van der Waals surface area contributed by atoms with Crippen LogP contribution in [0.3, 0.4) is 0 Å². The van der Waals surface area contributed by atoms with E-state index in [2.05, 4.69) is 36.2 Å². The maximum Gasteiger partial charge on any atom is 0.224 e. The monoisotopic (exact) mass is 296 g/mol. The van der Waals surface area contributed by atoms with Crippen molar-refractivity contribution in [2.45, 2.75) is 26.8 Å². The van der Waals surface area contributed by atoms with Gasteiger partial charge in [-0.1, -0.05) is 51.1 Å². The van der Waals surface area contributed by atoms with Gasteiger partial charge in [0.05, 0.1) is 6.04 Å². The van der Waals surface area contributed by atoms with Crippen LogP contribution in [-0.4, -0.2) is 36.3 Å². The fraction of sp³-hybridized carbons (Fsp3) is 0.562. The molecule has 1 rings (SSSR count). The van der Waals surface area contributed by atoms with Gasteiger partial charge < -0.3 is 5.32 Å². The Hall–Kier alpha value is -1.06. The molecule has 4 heteroatoms. The highest BCUT2D eigenvalue weighted by atomic mass is 35.5. The summed E-state index contributed by atoms with van der Waals surface area (Å²) >= 11 is 5.73. The number of likely N-dealkylation sites (N-methyl/N-ethyl adjacent to an activating group) is 1. The topological polar surface area (TPSA) is 32.3 Å². The van der Waals surface area contributed by atoms with Crippen molar-refractivity contribution < 1.29 is 4.79 Å². The summed E-state index contributed by atoms with van der Waals surface area (Å²) in [7, 11) is 0. The van der Waals surface area contributed by atoms with Crippen LogP contribution in [0.15, 0.2) is 30.3 Å². The van der Waals surface area contributed by atoms with Crippen LogP contribution in [0, 0.1) is 5.92 Å². The number of hydrogen-bond acceptors (Lipinski definition) is 2. The van der Waals surface area contributed by atoms with Crippen LogP contribution in [0.2, 0.25) is 0 Å². The average molecular weight is 297 g/mol. The first-order chi connectivity index (χ1) is 9.63. The molecule has 0 aliphatic carbocycles. The summed E-state index contributed by atoms with van der Waals surface area (Å²) in [6.07, 6.45) is 0. The van der Waals surface area contributed by atoms with E-state index in [1.165, 1.54) is 5.56 Å². The van der Waals surface area contributed by atoms with Gasteiger partial charge in [0, 0.05) is 18.3 Å². The van der Waals surface area contributed by atoms with Crippen molar-refractivity contribution in [2.75, 3.05) is 25.5 Å². The summed E-state index contributed by atoms with van der Waals surface area (Å²) in [5.74, 6) is 0.227. The molecule has 0 radical (unpaired) electrons. The number of carbonyl (C=O) groups is 1. The lowest BCUT2D eigenvalue weighted by Crippen LogP contribution is -2.40. The van der Waals surface area contributed by atoms with Crippen LogP contribution in [0.25, 0.3) is 0 Å². The standard InChI is InChI=1S/C16H25ClN2O/c1-4-19(5-2)15(14-9-7-6-8-10-14)12-18-16(20)13(3)11-17/h6-10,13,15H,4-5,11-12H2,1-3H3,(H,18,20). The minimum atomic E-state index is -0.148.